The van der Waals surface area contributed by atoms with Crippen molar-refractivity contribution in [1.82, 2.24) is 5.32 Å². The maximum absolute atomic E-state index is 10.2. The molecule has 0 aliphatic heterocycles. The fraction of sp³-hybridized carbons (Fsp3) is 0.571. The molecule has 0 saturated heterocycles. The number of carboxylic acids is 1. The van der Waals surface area contributed by atoms with Gasteiger partial charge in [-0.2, -0.15) is 0 Å². The molecule has 11 heavy (non-hydrogen) atoms. The van der Waals surface area contributed by atoms with E-state index in [2.05, 4.69) is 11.9 Å². The van der Waals surface area contributed by atoms with Crippen LogP contribution in [0.25, 0.3) is 0 Å². The molecule has 64 valence electrons. The standard InChI is InChI=1S/C7H13NO3/c1-6(7(10)11)5-8-3-2-4-9/h8-9H,1-5H2,(H,10,11). The van der Waals surface area contributed by atoms with Crippen LogP contribution in [-0.2, 0) is 4.79 Å². The number of carbonyl (C=O) groups is 1. The predicted molar refractivity (Wildman–Crippen MR) is 41.3 cm³/mol. The second-order valence-corrected chi connectivity index (χ2v) is 2.16. The summed E-state index contributed by atoms with van der Waals surface area (Å²) in [5.74, 6) is -0.985. The highest BCUT2D eigenvalue weighted by Gasteiger charge is 2.01. The highest BCUT2D eigenvalue weighted by molar-refractivity contribution is 5.86. The van der Waals surface area contributed by atoms with Crippen LogP contribution >= 0.6 is 0 Å². The van der Waals surface area contributed by atoms with Crippen LogP contribution in [0.3, 0.4) is 0 Å². The molecule has 4 nitrogen and oxygen atoms in total. The van der Waals surface area contributed by atoms with Gasteiger partial charge in [0.05, 0.1) is 0 Å². The number of hydrogen-bond donors (Lipinski definition) is 3. The molecule has 0 unspecified atom stereocenters. The predicted octanol–water partition coefficient (Wildman–Crippen LogP) is -0.401. The average molecular weight is 159 g/mol. The number of aliphatic carboxylic acids is 1. The van der Waals surface area contributed by atoms with Crippen molar-refractivity contribution in [2.75, 3.05) is 19.7 Å². The molecular weight excluding hydrogens is 146 g/mol. The molecule has 0 radical (unpaired) electrons. The Morgan fingerprint density at radius 1 is 1.55 bits per heavy atom. The minimum absolute atomic E-state index is 0.118. The molecule has 0 amide bonds. The minimum atomic E-state index is -0.985. The molecule has 0 saturated carbocycles. The Balaban J connectivity index is 3.25. The normalized spacial score (nSPS) is 9.55. The van der Waals surface area contributed by atoms with Gasteiger partial charge in [0.15, 0.2) is 0 Å². The maximum Gasteiger partial charge on any atom is 0.332 e. The van der Waals surface area contributed by atoms with E-state index in [1.807, 2.05) is 0 Å². The summed E-state index contributed by atoms with van der Waals surface area (Å²) in [6.07, 6.45) is 0.632. The van der Waals surface area contributed by atoms with E-state index in [0.29, 0.717) is 13.0 Å². The van der Waals surface area contributed by atoms with Gasteiger partial charge >= 0.3 is 5.97 Å². The molecule has 0 aliphatic rings. The van der Waals surface area contributed by atoms with Gasteiger partial charge in [-0.25, -0.2) is 4.79 Å². The minimum Gasteiger partial charge on any atom is -0.478 e. The van der Waals surface area contributed by atoms with Crippen LogP contribution in [0.1, 0.15) is 6.42 Å². The van der Waals surface area contributed by atoms with Gasteiger partial charge in [0.1, 0.15) is 0 Å². The number of aliphatic hydroxyl groups is 1. The molecule has 0 bridgehead atoms. The smallest absolute Gasteiger partial charge is 0.332 e. The van der Waals surface area contributed by atoms with Crippen molar-refractivity contribution in [3.63, 3.8) is 0 Å². The van der Waals surface area contributed by atoms with Crippen molar-refractivity contribution in [1.29, 1.82) is 0 Å². The summed E-state index contributed by atoms with van der Waals surface area (Å²) >= 11 is 0. The van der Waals surface area contributed by atoms with Crippen molar-refractivity contribution >= 4 is 5.97 Å². The van der Waals surface area contributed by atoms with E-state index in [1.54, 1.807) is 0 Å². The van der Waals surface area contributed by atoms with Crippen molar-refractivity contribution < 1.29 is 15.0 Å². The second kappa shape index (κ2) is 5.88. The van der Waals surface area contributed by atoms with Crippen LogP contribution in [0.4, 0.5) is 0 Å². The van der Waals surface area contributed by atoms with E-state index in [-0.39, 0.29) is 18.7 Å². The maximum atomic E-state index is 10.2. The van der Waals surface area contributed by atoms with Gasteiger partial charge in [0, 0.05) is 18.7 Å². The molecule has 4 heteroatoms. The Bertz CT molecular complexity index is 145. The Labute approximate surface area is 65.5 Å². The van der Waals surface area contributed by atoms with Crippen molar-refractivity contribution in [3.8, 4) is 0 Å². The van der Waals surface area contributed by atoms with Gasteiger partial charge in [-0.3, -0.25) is 0 Å². The molecule has 0 fully saturated rings. The van der Waals surface area contributed by atoms with E-state index in [4.69, 9.17) is 10.2 Å². The van der Waals surface area contributed by atoms with Crippen LogP contribution < -0.4 is 5.32 Å². The molecule has 0 spiro atoms. The zero-order valence-electron chi connectivity index (χ0n) is 6.34. The van der Waals surface area contributed by atoms with Crippen LogP contribution in [0.5, 0.6) is 0 Å². The van der Waals surface area contributed by atoms with Crippen LogP contribution in [0.2, 0.25) is 0 Å². The second-order valence-electron chi connectivity index (χ2n) is 2.16. The SMILES string of the molecule is C=C(CNCCCO)C(=O)O. The molecular formula is C7H13NO3. The first-order valence-electron chi connectivity index (χ1n) is 3.41. The molecule has 0 aromatic rings. The number of carboxylic acid groups (broad SMARTS) is 1. The lowest BCUT2D eigenvalue weighted by Crippen LogP contribution is -2.21. The lowest BCUT2D eigenvalue weighted by Gasteiger charge is -2.01. The number of hydrogen-bond acceptors (Lipinski definition) is 3. The largest absolute Gasteiger partial charge is 0.478 e. The van der Waals surface area contributed by atoms with E-state index >= 15 is 0 Å². The summed E-state index contributed by atoms with van der Waals surface area (Å²) in [6, 6.07) is 0. The summed E-state index contributed by atoms with van der Waals surface area (Å²) in [5.41, 5.74) is 0.142. The Hall–Kier alpha value is -0.870. The first-order chi connectivity index (χ1) is 5.18. The molecule has 0 aromatic heterocycles. The molecule has 3 N–H and O–H groups in total. The fourth-order valence-corrected chi connectivity index (χ4v) is 0.519. The van der Waals surface area contributed by atoms with Gasteiger partial charge in [-0.1, -0.05) is 6.58 Å². The summed E-state index contributed by atoms with van der Waals surface area (Å²) in [5, 5.41) is 19.5. The monoisotopic (exact) mass is 159 g/mol. The lowest BCUT2D eigenvalue weighted by atomic mass is 10.3. The van der Waals surface area contributed by atoms with Crippen LogP contribution in [-0.4, -0.2) is 35.9 Å². The molecule has 0 aromatic carbocycles. The average Bonchev–Trinajstić information content (AvgIpc) is 1.97. The van der Waals surface area contributed by atoms with Gasteiger partial charge in [-0.15, -0.1) is 0 Å². The van der Waals surface area contributed by atoms with Crippen molar-refractivity contribution in [2.45, 2.75) is 6.42 Å². The fourth-order valence-electron chi connectivity index (χ4n) is 0.519. The quantitative estimate of drug-likeness (QED) is 0.364. The van der Waals surface area contributed by atoms with E-state index in [9.17, 15) is 4.79 Å². The number of aliphatic hydroxyl groups excluding tert-OH is 1. The molecule has 0 aliphatic carbocycles. The first kappa shape index (κ1) is 10.1. The van der Waals surface area contributed by atoms with E-state index in [1.165, 1.54) is 0 Å². The molecule has 0 atom stereocenters. The summed E-state index contributed by atoms with van der Waals surface area (Å²) in [7, 11) is 0. The van der Waals surface area contributed by atoms with Crippen LogP contribution in [0, 0.1) is 0 Å². The third kappa shape index (κ3) is 5.57. The summed E-state index contributed by atoms with van der Waals surface area (Å²) in [4.78, 5) is 10.2. The highest BCUT2D eigenvalue weighted by atomic mass is 16.4. The lowest BCUT2D eigenvalue weighted by molar-refractivity contribution is -0.132. The van der Waals surface area contributed by atoms with E-state index < -0.39 is 5.97 Å². The Morgan fingerprint density at radius 3 is 2.64 bits per heavy atom. The van der Waals surface area contributed by atoms with Crippen molar-refractivity contribution in [2.24, 2.45) is 0 Å². The molecule has 0 rings (SSSR count). The number of nitrogens with one attached hydrogen (secondary N) is 1. The van der Waals surface area contributed by atoms with Gasteiger partial charge in [0.25, 0.3) is 0 Å². The van der Waals surface area contributed by atoms with Gasteiger partial charge in [-0.05, 0) is 13.0 Å². The topological polar surface area (TPSA) is 69.6 Å². The van der Waals surface area contributed by atoms with Gasteiger partial charge < -0.3 is 15.5 Å². The molecule has 0 heterocycles. The third-order valence-corrected chi connectivity index (χ3v) is 1.15. The zero-order valence-corrected chi connectivity index (χ0v) is 6.34. The van der Waals surface area contributed by atoms with E-state index in [0.717, 1.165) is 0 Å². The summed E-state index contributed by atoms with van der Waals surface area (Å²) < 4.78 is 0. The van der Waals surface area contributed by atoms with Crippen molar-refractivity contribution in [3.05, 3.63) is 12.2 Å². The summed E-state index contributed by atoms with van der Waals surface area (Å²) in [6.45, 7) is 4.33. The first-order valence-corrected chi connectivity index (χ1v) is 3.41. The Kier molecular flexibility index (Phi) is 5.42. The number of rotatable bonds is 6. The van der Waals surface area contributed by atoms with Crippen LogP contribution in [0.15, 0.2) is 12.2 Å². The van der Waals surface area contributed by atoms with Gasteiger partial charge in [0.2, 0.25) is 0 Å². The zero-order chi connectivity index (χ0) is 8.69. The third-order valence-electron chi connectivity index (χ3n) is 1.15. The highest BCUT2D eigenvalue weighted by Crippen LogP contribution is 1.85. The Morgan fingerprint density at radius 2 is 2.18 bits per heavy atom.